The Morgan fingerprint density at radius 2 is 1.67 bits per heavy atom. The van der Waals surface area contributed by atoms with Gasteiger partial charge in [0, 0.05) is 5.92 Å². The summed E-state index contributed by atoms with van der Waals surface area (Å²) in [6, 6.07) is 0. The maximum Gasteiger partial charge on any atom is 0.0910 e. The summed E-state index contributed by atoms with van der Waals surface area (Å²) in [7, 11) is 0. The fraction of sp³-hybridized carbons (Fsp3) is 0.750. The van der Waals surface area contributed by atoms with E-state index in [0.29, 0.717) is 11.7 Å². The van der Waals surface area contributed by atoms with Crippen LogP contribution in [0.15, 0.2) is 11.8 Å². The molecule has 0 spiro atoms. The predicted octanol–water partition coefficient (Wildman–Crippen LogP) is 2.74. The van der Waals surface area contributed by atoms with Gasteiger partial charge in [0.2, 0.25) is 0 Å². The smallest absolute Gasteiger partial charge is 0.0910 e. The maximum atomic E-state index is 9.16. The zero-order chi connectivity index (χ0) is 7.44. The zero-order valence-corrected chi connectivity index (χ0v) is 6.68. The third kappa shape index (κ3) is 4.07. The lowest BCUT2D eigenvalue weighted by molar-refractivity contribution is 0.346. The summed E-state index contributed by atoms with van der Waals surface area (Å²) in [5.74, 6) is 1.23. The molecule has 0 aromatic heterocycles. The molecule has 1 heteroatoms. The lowest BCUT2D eigenvalue weighted by Gasteiger charge is -2.03. The third-order valence-corrected chi connectivity index (χ3v) is 1.10. The van der Waals surface area contributed by atoms with E-state index in [9.17, 15) is 0 Å². The average molecular weight is 128 g/mol. The molecule has 0 rings (SSSR count). The van der Waals surface area contributed by atoms with E-state index in [2.05, 4.69) is 13.8 Å². The van der Waals surface area contributed by atoms with E-state index < -0.39 is 0 Å². The van der Waals surface area contributed by atoms with Crippen molar-refractivity contribution in [3.8, 4) is 0 Å². The third-order valence-electron chi connectivity index (χ3n) is 1.10. The molecule has 0 saturated heterocycles. The number of aliphatic hydroxyl groups is 1. The van der Waals surface area contributed by atoms with Crippen LogP contribution in [0.3, 0.4) is 0 Å². The number of hydrogen-bond acceptors (Lipinski definition) is 1. The van der Waals surface area contributed by atoms with Crippen molar-refractivity contribution in [1.82, 2.24) is 0 Å². The van der Waals surface area contributed by atoms with Crippen LogP contribution >= 0.6 is 0 Å². The Labute approximate surface area is 57.4 Å². The standard InChI is InChI=1S/C8H16O/c1-6(2)5-8(9)7(3)4/h5-7,9H,1-4H3/b8-5+. The van der Waals surface area contributed by atoms with E-state index in [4.69, 9.17) is 5.11 Å². The molecule has 0 aliphatic carbocycles. The van der Waals surface area contributed by atoms with E-state index in [1.165, 1.54) is 0 Å². The molecule has 0 atom stereocenters. The molecule has 0 heterocycles. The minimum atomic E-state index is 0.271. The molecular weight excluding hydrogens is 112 g/mol. The first-order chi connectivity index (χ1) is 4.04. The lowest BCUT2D eigenvalue weighted by Crippen LogP contribution is -1.94. The van der Waals surface area contributed by atoms with Gasteiger partial charge in [0.1, 0.15) is 0 Å². The predicted molar refractivity (Wildman–Crippen MR) is 40.4 cm³/mol. The largest absolute Gasteiger partial charge is 0.512 e. The van der Waals surface area contributed by atoms with E-state index in [-0.39, 0.29) is 5.92 Å². The highest BCUT2D eigenvalue weighted by Crippen LogP contribution is 2.08. The normalized spacial score (nSPS) is 13.3. The van der Waals surface area contributed by atoms with Gasteiger partial charge < -0.3 is 5.11 Å². The highest BCUT2D eigenvalue weighted by Gasteiger charge is 1.99. The monoisotopic (exact) mass is 128 g/mol. The average Bonchev–Trinajstić information content (AvgIpc) is 1.63. The van der Waals surface area contributed by atoms with Gasteiger partial charge >= 0.3 is 0 Å². The van der Waals surface area contributed by atoms with Crippen LogP contribution in [-0.4, -0.2) is 5.11 Å². The fourth-order valence-electron chi connectivity index (χ4n) is 0.534. The first kappa shape index (κ1) is 8.54. The summed E-state index contributed by atoms with van der Waals surface area (Å²) in [6.07, 6.45) is 1.88. The van der Waals surface area contributed by atoms with Crippen molar-refractivity contribution in [2.24, 2.45) is 11.8 Å². The van der Waals surface area contributed by atoms with E-state index in [0.717, 1.165) is 0 Å². The fourth-order valence-corrected chi connectivity index (χ4v) is 0.534. The molecule has 0 radical (unpaired) electrons. The summed E-state index contributed by atoms with van der Waals surface area (Å²) in [5.41, 5.74) is 0. The van der Waals surface area contributed by atoms with Crippen molar-refractivity contribution in [3.63, 3.8) is 0 Å². The molecule has 1 nitrogen and oxygen atoms in total. The van der Waals surface area contributed by atoms with Crippen molar-refractivity contribution in [3.05, 3.63) is 11.8 Å². The van der Waals surface area contributed by atoms with Crippen LogP contribution in [-0.2, 0) is 0 Å². The Kier molecular flexibility index (Phi) is 3.36. The van der Waals surface area contributed by atoms with Gasteiger partial charge in [-0.2, -0.15) is 0 Å². The molecule has 9 heavy (non-hydrogen) atoms. The molecule has 0 amide bonds. The molecule has 0 aliphatic heterocycles. The van der Waals surface area contributed by atoms with Crippen molar-refractivity contribution < 1.29 is 5.11 Å². The van der Waals surface area contributed by atoms with Gasteiger partial charge in [0.15, 0.2) is 0 Å². The summed E-state index contributed by atoms with van der Waals surface area (Å²) in [4.78, 5) is 0. The lowest BCUT2D eigenvalue weighted by atomic mass is 10.1. The van der Waals surface area contributed by atoms with Crippen LogP contribution in [0.1, 0.15) is 27.7 Å². The first-order valence-corrected chi connectivity index (χ1v) is 3.44. The van der Waals surface area contributed by atoms with Crippen molar-refractivity contribution in [2.75, 3.05) is 0 Å². The number of aliphatic hydroxyl groups excluding tert-OH is 1. The number of hydrogen-bond donors (Lipinski definition) is 1. The Morgan fingerprint density at radius 1 is 1.22 bits per heavy atom. The van der Waals surface area contributed by atoms with Gasteiger partial charge in [0.25, 0.3) is 0 Å². The number of rotatable bonds is 2. The Bertz CT molecular complexity index is 101. The molecule has 0 bridgehead atoms. The minimum absolute atomic E-state index is 0.271. The molecule has 54 valence electrons. The summed E-state index contributed by atoms with van der Waals surface area (Å²) >= 11 is 0. The van der Waals surface area contributed by atoms with Crippen LogP contribution < -0.4 is 0 Å². The van der Waals surface area contributed by atoms with Crippen molar-refractivity contribution in [2.45, 2.75) is 27.7 Å². The Hall–Kier alpha value is -0.460. The first-order valence-electron chi connectivity index (χ1n) is 3.44. The van der Waals surface area contributed by atoms with Crippen molar-refractivity contribution >= 4 is 0 Å². The van der Waals surface area contributed by atoms with Crippen LogP contribution in [0.25, 0.3) is 0 Å². The van der Waals surface area contributed by atoms with E-state index in [1.54, 1.807) is 0 Å². The second-order valence-electron chi connectivity index (χ2n) is 2.99. The molecule has 0 aliphatic rings. The summed E-state index contributed by atoms with van der Waals surface area (Å²) < 4.78 is 0. The summed E-state index contributed by atoms with van der Waals surface area (Å²) in [5, 5.41) is 9.16. The molecule has 0 saturated carbocycles. The van der Waals surface area contributed by atoms with Crippen LogP contribution in [0, 0.1) is 11.8 Å². The van der Waals surface area contributed by atoms with Gasteiger partial charge in [0.05, 0.1) is 5.76 Å². The summed E-state index contributed by atoms with van der Waals surface area (Å²) in [6.45, 7) is 8.07. The molecular formula is C8H16O. The van der Waals surface area contributed by atoms with E-state index >= 15 is 0 Å². The molecule has 0 aromatic carbocycles. The van der Waals surface area contributed by atoms with Gasteiger partial charge in [-0.05, 0) is 12.0 Å². The SMILES string of the molecule is CC(C)/C=C(/O)C(C)C. The van der Waals surface area contributed by atoms with Gasteiger partial charge in [-0.25, -0.2) is 0 Å². The van der Waals surface area contributed by atoms with E-state index in [1.807, 2.05) is 19.9 Å². The minimum Gasteiger partial charge on any atom is -0.512 e. The second-order valence-corrected chi connectivity index (χ2v) is 2.99. The van der Waals surface area contributed by atoms with Gasteiger partial charge in [-0.1, -0.05) is 27.7 Å². The number of allylic oxidation sites excluding steroid dienone is 2. The van der Waals surface area contributed by atoms with Crippen LogP contribution in [0.5, 0.6) is 0 Å². The van der Waals surface area contributed by atoms with Gasteiger partial charge in [-0.15, -0.1) is 0 Å². The van der Waals surface area contributed by atoms with Crippen LogP contribution in [0.4, 0.5) is 0 Å². The maximum absolute atomic E-state index is 9.16. The molecule has 0 unspecified atom stereocenters. The molecule has 0 aromatic rings. The van der Waals surface area contributed by atoms with Gasteiger partial charge in [-0.3, -0.25) is 0 Å². The Morgan fingerprint density at radius 3 is 1.78 bits per heavy atom. The zero-order valence-electron chi connectivity index (χ0n) is 6.68. The topological polar surface area (TPSA) is 20.2 Å². The highest BCUT2D eigenvalue weighted by atomic mass is 16.3. The molecule has 1 N–H and O–H groups in total. The quantitative estimate of drug-likeness (QED) is 0.567. The highest BCUT2D eigenvalue weighted by molar-refractivity contribution is 4.95. The second kappa shape index (κ2) is 3.54. The molecule has 0 fully saturated rings. The Balaban J connectivity index is 3.84. The van der Waals surface area contributed by atoms with Crippen LogP contribution in [0.2, 0.25) is 0 Å². The van der Waals surface area contributed by atoms with Crippen molar-refractivity contribution in [1.29, 1.82) is 0 Å².